The summed E-state index contributed by atoms with van der Waals surface area (Å²) in [6.45, 7) is 4.91. The Balaban J connectivity index is 4.19. The second kappa shape index (κ2) is 4.72. The molecule has 0 atom stereocenters. The molecule has 0 aliphatic rings. The van der Waals surface area contributed by atoms with E-state index < -0.39 is 0 Å². The number of allylic oxidation sites excluding steroid dienone is 1. The summed E-state index contributed by atoms with van der Waals surface area (Å²) >= 11 is 0. The summed E-state index contributed by atoms with van der Waals surface area (Å²) in [5, 5.41) is 8.27. The number of nitriles is 1. The first kappa shape index (κ1) is 7.57. The van der Waals surface area contributed by atoms with Gasteiger partial charge in [-0.15, -0.1) is 0 Å². The molecule has 3 nitrogen and oxygen atoms in total. The van der Waals surface area contributed by atoms with Crippen LogP contribution in [-0.4, -0.2) is 12.9 Å². The Morgan fingerprint density at radius 1 is 1.78 bits per heavy atom. The first-order valence-corrected chi connectivity index (χ1v) is 2.40. The first-order valence-electron chi connectivity index (χ1n) is 2.40. The summed E-state index contributed by atoms with van der Waals surface area (Å²) in [6.07, 6.45) is 2.83. The van der Waals surface area contributed by atoms with Gasteiger partial charge in [-0.2, -0.15) is 5.26 Å². The van der Waals surface area contributed by atoms with Gasteiger partial charge in [0.2, 0.25) is 0 Å². The van der Waals surface area contributed by atoms with Crippen molar-refractivity contribution in [2.45, 2.75) is 6.92 Å². The number of hydrogen-bond donors (Lipinski definition) is 0. The van der Waals surface area contributed by atoms with Crippen LogP contribution in [0.25, 0.3) is 0 Å². The van der Waals surface area contributed by atoms with Crippen molar-refractivity contribution in [3.05, 3.63) is 11.9 Å². The molecular weight excluding hydrogens is 114 g/mol. The minimum atomic E-state index is 0.271. The van der Waals surface area contributed by atoms with Crippen molar-refractivity contribution in [3.63, 3.8) is 0 Å². The molecule has 0 N–H and O–H groups in total. The molecule has 0 rings (SSSR count). The van der Waals surface area contributed by atoms with Crippen LogP contribution in [-0.2, 0) is 0 Å². The molecule has 0 aliphatic heterocycles. The molecule has 0 unspecified atom stereocenters. The van der Waals surface area contributed by atoms with Gasteiger partial charge in [-0.1, -0.05) is 0 Å². The lowest BCUT2D eigenvalue weighted by molar-refractivity contribution is 1.35. The zero-order chi connectivity index (χ0) is 7.11. The van der Waals surface area contributed by atoms with Crippen molar-refractivity contribution in [2.75, 3.05) is 0 Å². The third kappa shape index (κ3) is 3.18. The van der Waals surface area contributed by atoms with Gasteiger partial charge in [-0.25, -0.2) is 4.99 Å². The molecule has 0 aliphatic carbocycles. The van der Waals surface area contributed by atoms with E-state index in [1.807, 2.05) is 6.07 Å². The van der Waals surface area contributed by atoms with Crippen molar-refractivity contribution in [3.8, 4) is 6.07 Å². The van der Waals surface area contributed by atoms with Gasteiger partial charge in [-0.05, 0) is 13.6 Å². The molecule has 0 saturated carbocycles. The monoisotopic (exact) mass is 121 g/mol. The molecule has 46 valence electrons. The maximum atomic E-state index is 8.27. The van der Waals surface area contributed by atoms with E-state index in [0.29, 0.717) is 0 Å². The van der Waals surface area contributed by atoms with Crippen LogP contribution in [0.1, 0.15) is 6.92 Å². The smallest absolute Gasteiger partial charge is 0.158 e. The van der Waals surface area contributed by atoms with Crippen LogP contribution in [0.3, 0.4) is 0 Å². The molecule has 0 aromatic rings. The van der Waals surface area contributed by atoms with Crippen molar-refractivity contribution in [1.29, 1.82) is 5.26 Å². The van der Waals surface area contributed by atoms with Crippen LogP contribution < -0.4 is 0 Å². The van der Waals surface area contributed by atoms with E-state index in [1.165, 1.54) is 12.4 Å². The van der Waals surface area contributed by atoms with Crippen LogP contribution >= 0.6 is 0 Å². The lowest BCUT2D eigenvalue weighted by atomic mass is 10.5. The molecular formula is C6H7N3. The van der Waals surface area contributed by atoms with Gasteiger partial charge in [0.15, 0.2) is 5.70 Å². The topological polar surface area (TPSA) is 48.5 Å². The van der Waals surface area contributed by atoms with E-state index in [4.69, 9.17) is 5.26 Å². The second-order valence-electron chi connectivity index (χ2n) is 1.20. The van der Waals surface area contributed by atoms with Gasteiger partial charge in [0.1, 0.15) is 6.07 Å². The largest absolute Gasteiger partial charge is 0.269 e. The summed E-state index contributed by atoms with van der Waals surface area (Å²) in [4.78, 5) is 7.05. The number of hydrogen-bond acceptors (Lipinski definition) is 3. The number of rotatable bonds is 2. The molecule has 9 heavy (non-hydrogen) atoms. The molecule has 0 fully saturated rings. The third-order valence-electron chi connectivity index (χ3n) is 0.596. The highest BCUT2D eigenvalue weighted by molar-refractivity contribution is 5.56. The fourth-order valence-corrected chi connectivity index (χ4v) is 0.317. The standard InChI is InChI=1S/C6H7N3/c1-3-9-6(4-7)5-8-2/h3,5H,2H2,1H3/b6-5-,9-3?. The summed E-state index contributed by atoms with van der Waals surface area (Å²) in [6, 6.07) is 1.83. The van der Waals surface area contributed by atoms with Gasteiger partial charge in [-0.3, -0.25) is 4.99 Å². The second-order valence-corrected chi connectivity index (χ2v) is 1.20. The highest BCUT2D eigenvalue weighted by Crippen LogP contribution is 1.91. The summed E-state index contributed by atoms with van der Waals surface area (Å²) in [5.74, 6) is 0. The third-order valence-corrected chi connectivity index (χ3v) is 0.596. The molecule has 0 amide bonds. The average Bonchev–Trinajstić information content (AvgIpc) is 1.88. The Hall–Kier alpha value is -1.43. The highest BCUT2D eigenvalue weighted by atomic mass is 14.8. The summed E-state index contributed by atoms with van der Waals surface area (Å²) < 4.78 is 0. The lowest BCUT2D eigenvalue weighted by Gasteiger charge is -1.79. The normalized spacial score (nSPS) is 11.3. The Kier molecular flexibility index (Phi) is 3.97. The van der Waals surface area contributed by atoms with Gasteiger partial charge in [0, 0.05) is 6.21 Å². The summed E-state index contributed by atoms with van der Waals surface area (Å²) in [7, 11) is 0. The maximum absolute atomic E-state index is 8.27. The molecule has 0 heterocycles. The van der Waals surface area contributed by atoms with Crippen LogP contribution in [0.4, 0.5) is 0 Å². The molecule has 0 aromatic heterocycles. The molecule has 0 aromatic carbocycles. The van der Waals surface area contributed by atoms with Crippen molar-refractivity contribution in [2.24, 2.45) is 9.98 Å². The molecule has 0 radical (unpaired) electrons. The van der Waals surface area contributed by atoms with E-state index in [9.17, 15) is 0 Å². The molecule has 0 bridgehead atoms. The molecule has 3 heteroatoms. The fraction of sp³-hybridized carbons (Fsp3) is 0.167. The van der Waals surface area contributed by atoms with Gasteiger partial charge in [0.05, 0.1) is 6.20 Å². The van der Waals surface area contributed by atoms with Crippen LogP contribution in [0.5, 0.6) is 0 Å². The average molecular weight is 121 g/mol. The SMILES string of the molecule is C=N/C=C(/C#N)N=CC. The first-order chi connectivity index (χ1) is 4.35. The minimum Gasteiger partial charge on any atom is -0.269 e. The van der Waals surface area contributed by atoms with Gasteiger partial charge >= 0.3 is 0 Å². The highest BCUT2D eigenvalue weighted by Gasteiger charge is 1.82. The Morgan fingerprint density at radius 3 is 2.78 bits per heavy atom. The lowest BCUT2D eigenvalue weighted by Crippen LogP contribution is -1.69. The van der Waals surface area contributed by atoms with E-state index >= 15 is 0 Å². The molecule has 0 saturated heterocycles. The van der Waals surface area contributed by atoms with Crippen LogP contribution in [0.15, 0.2) is 21.9 Å². The van der Waals surface area contributed by atoms with E-state index in [0.717, 1.165) is 0 Å². The zero-order valence-electron chi connectivity index (χ0n) is 5.20. The Morgan fingerprint density at radius 2 is 2.44 bits per heavy atom. The predicted molar refractivity (Wildman–Crippen MR) is 37.4 cm³/mol. The Bertz CT molecular complexity index is 183. The van der Waals surface area contributed by atoms with Crippen molar-refractivity contribution < 1.29 is 0 Å². The van der Waals surface area contributed by atoms with Gasteiger partial charge in [0.25, 0.3) is 0 Å². The minimum absolute atomic E-state index is 0.271. The quantitative estimate of drug-likeness (QED) is 0.399. The maximum Gasteiger partial charge on any atom is 0.158 e. The van der Waals surface area contributed by atoms with Crippen LogP contribution in [0.2, 0.25) is 0 Å². The number of aliphatic imine (C=N–C) groups is 2. The van der Waals surface area contributed by atoms with Crippen molar-refractivity contribution >= 4 is 12.9 Å². The Labute approximate surface area is 54.1 Å². The van der Waals surface area contributed by atoms with Crippen molar-refractivity contribution in [1.82, 2.24) is 0 Å². The van der Waals surface area contributed by atoms with Gasteiger partial charge < -0.3 is 0 Å². The predicted octanol–water partition coefficient (Wildman–Crippen LogP) is 1.14. The number of nitrogens with zero attached hydrogens (tertiary/aromatic N) is 3. The zero-order valence-corrected chi connectivity index (χ0v) is 5.20. The molecule has 0 spiro atoms. The van der Waals surface area contributed by atoms with E-state index in [2.05, 4.69) is 16.7 Å². The fourth-order valence-electron chi connectivity index (χ4n) is 0.317. The van der Waals surface area contributed by atoms with Crippen LogP contribution in [0, 0.1) is 11.3 Å². The summed E-state index contributed by atoms with van der Waals surface area (Å²) in [5.41, 5.74) is 0.271. The van der Waals surface area contributed by atoms with E-state index in [-0.39, 0.29) is 5.70 Å². The van der Waals surface area contributed by atoms with E-state index in [1.54, 1.807) is 6.92 Å².